The Bertz CT molecular complexity index is 1070. The Morgan fingerprint density at radius 1 is 1.22 bits per heavy atom. The number of rotatable bonds is 8. The number of hydrogen-bond donors (Lipinski definition) is 2. The van der Waals surface area contributed by atoms with Crippen molar-refractivity contribution >= 4 is 17.1 Å². The van der Waals surface area contributed by atoms with Crippen molar-refractivity contribution in [3.63, 3.8) is 0 Å². The Hall–Kier alpha value is -2.95. The van der Waals surface area contributed by atoms with E-state index in [-0.39, 0.29) is 23.7 Å². The van der Waals surface area contributed by atoms with Gasteiger partial charge in [0.15, 0.2) is 5.82 Å². The number of methoxy groups -OCH3 is 1. The number of hydrogen-bond acceptors (Lipinski definition) is 8. The van der Waals surface area contributed by atoms with Crippen LogP contribution in [0.1, 0.15) is 50.2 Å². The first-order chi connectivity index (χ1) is 15.2. The fraction of sp³-hybridized carbons (Fsp3) is 0.364. The smallest absolute Gasteiger partial charge is 0.180 e. The van der Waals surface area contributed by atoms with Crippen LogP contribution in [0.15, 0.2) is 52.9 Å². The van der Waals surface area contributed by atoms with Crippen molar-refractivity contribution in [3.8, 4) is 11.5 Å². The molecule has 0 aliphatic heterocycles. The van der Waals surface area contributed by atoms with Gasteiger partial charge in [0, 0.05) is 18.1 Å². The van der Waals surface area contributed by atoms with Gasteiger partial charge >= 0.3 is 0 Å². The van der Waals surface area contributed by atoms with Crippen LogP contribution in [0.2, 0.25) is 0 Å². The lowest BCUT2D eigenvalue weighted by atomic mass is 10.0. The molecule has 0 amide bonds. The van der Waals surface area contributed by atoms with E-state index in [0.717, 1.165) is 5.56 Å². The number of nitrogens with zero attached hydrogens (tertiary/aromatic N) is 5. The third-order valence-corrected chi connectivity index (χ3v) is 6.09. The average Bonchev–Trinajstić information content (AvgIpc) is 3.21. The standard InChI is InChI=1S/C22H27N5O4S/c1-22(2,3)32(30)24-18(17-11-10-16(31-4)12-19(17)28)13-20(29)21-23-25-26-27(21)14-15-8-6-5-7-9-15/h5-12,20,28-29H,13-14H2,1-4H3/t20-,32?/m0/s1. The van der Waals surface area contributed by atoms with Gasteiger partial charge in [-0.1, -0.05) is 34.7 Å². The van der Waals surface area contributed by atoms with Gasteiger partial charge in [0.1, 0.15) is 39.4 Å². The van der Waals surface area contributed by atoms with E-state index in [1.54, 1.807) is 32.9 Å². The zero-order chi connectivity index (χ0) is 23.3. The van der Waals surface area contributed by atoms with Crippen molar-refractivity contribution in [2.75, 3.05) is 7.11 Å². The number of aliphatic hydroxyl groups is 1. The molecule has 2 atom stereocenters. The summed E-state index contributed by atoms with van der Waals surface area (Å²) in [7, 11) is 1.49. The molecule has 0 bridgehead atoms. The highest BCUT2D eigenvalue weighted by Crippen LogP contribution is 2.29. The topological polar surface area (TPSA) is 129 Å². The van der Waals surface area contributed by atoms with Crippen LogP contribution in [0.5, 0.6) is 11.5 Å². The molecule has 3 aromatic rings. The van der Waals surface area contributed by atoms with Crippen molar-refractivity contribution < 1.29 is 19.5 Å². The minimum atomic E-state index is -1.61. The predicted octanol–water partition coefficient (Wildman–Crippen LogP) is 2.81. The number of aromatic hydroxyl groups is 1. The zero-order valence-corrected chi connectivity index (χ0v) is 19.3. The van der Waals surface area contributed by atoms with Gasteiger partial charge in [0.25, 0.3) is 0 Å². The van der Waals surface area contributed by atoms with Gasteiger partial charge in [-0.2, -0.15) is 0 Å². The van der Waals surface area contributed by atoms with E-state index in [9.17, 15) is 14.8 Å². The molecule has 32 heavy (non-hydrogen) atoms. The van der Waals surface area contributed by atoms with E-state index in [1.807, 2.05) is 30.3 Å². The first-order valence-corrected chi connectivity index (χ1v) is 11.1. The van der Waals surface area contributed by atoms with Gasteiger partial charge in [0.05, 0.1) is 13.7 Å². The lowest BCUT2D eigenvalue weighted by Gasteiger charge is -2.20. The van der Waals surface area contributed by atoms with E-state index in [1.165, 1.54) is 17.9 Å². The van der Waals surface area contributed by atoms with Crippen LogP contribution in [0.4, 0.5) is 0 Å². The second kappa shape index (κ2) is 10.1. The van der Waals surface area contributed by atoms with Gasteiger partial charge < -0.3 is 19.5 Å². The molecule has 9 nitrogen and oxygen atoms in total. The lowest BCUT2D eigenvalue weighted by molar-refractivity contribution is 0.170. The first-order valence-electron chi connectivity index (χ1n) is 10.0. The summed E-state index contributed by atoms with van der Waals surface area (Å²) in [4.78, 5) is 0. The summed E-state index contributed by atoms with van der Waals surface area (Å²) < 4.78 is 23.1. The first kappa shape index (κ1) is 23.7. The van der Waals surface area contributed by atoms with Crippen LogP contribution in [-0.2, 0) is 17.9 Å². The molecule has 0 spiro atoms. The van der Waals surface area contributed by atoms with Crippen LogP contribution in [0, 0.1) is 0 Å². The van der Waals surface area contributed by atoms with E-state index in [0.29, 0.717) is 17.9 Å². The van der Waals surface area contributed by atoms with Crippen LogP contribution in [-0.4, -0.2) is 52.5 Å². The maximum atomic E-state index is 12.7. The molecule has 3 rings (SSSR count). The SMILES string of the molecule is COc1ccc(C(C[C@H](O)c2nnnn2Cc2ccccc2)=N[S+]([O-])C(C)(C)C)c(O)c1. The molecular weight excluding hydrogens is 430 g/mol. The number of phenolic OH excluding ortho intramolecular Hbond substituents is 1. The van der Waals surface area contributed by atoms with Crippen molar-refractivity contribution in [1.29, 1.82) is 0 Å². The zero-order valence-electron chi connectivity index (χ0n) is 18.5. The van der Waals surface area contributed by atoms with E-state index in [4.69, 9.17) is 4.74 Å². The molecule has 2 aromatic carbocycles. The van der Waals surface area contributed by atoms with Crippen LogP contribution >= 0.6 is 0 Å². The Balaban J connectivity index is 1.92. The lowest BCUT2D eigenvalue weighted by Crippen LogP contribution is -2.27. The number of phenols is 1. The second-order valence-corrected chi connectivity index (χ2v) is 10.1. The maximum absolute atomic E-state index is 12.7. The summed E-state index contributed by atoms with van der Waals surface area (Å²) in [5.41, 5.74) is 1.61. The number of aliphatic hydroxyl groups excluding tert-OH is 1. The van der Waals surface area contributed by atoms with Crippen LogP contribution in [0.3, 0.4) is 0 Å². The molecule has 170 valence electrons. The Kier molecular flexibility index (Phi) is 7.49. The summed E-state index contributed by atoms with van der Waals surface area (Å²) in [5, 5.41) is 33.1. The normalized spacial score (nSPS) is 14.2. The van der Waals surface area contributed by atoms with Gasteiger partial charge in [-0.25, -0.2) is 4.68 Å². The van der Waals surface area contributed by atoms with Crippen molar-refractivity contribution in [3.05, 3.63) is 65.5 Å². The third kappa shape index (κ3) is 5.84. The second-order valence-electron chi connectivity index (χ2n) is 8.18. The summed E-state index contributed by atoms with van der Waals surface area (Å²) in [6.07, 6.45) is -1.18. The van der Waals surface area contributed by atoms with Crippen molar-refractivity contribution in [2.24, 2.45) is 4.40 Å². The monoisotopic (exact) mass is 457 g/mol. The van der Waals surface area contributed by atoms with Crippen molar-refractivity contribution in [1.82, 2.24) is 20.2 Å². The van der Waals surface area contributed by atoms with Gasteiger partial charge in [-0.05, 0) is 48.9 Å². The largest absolute Gasteiger partial charge is 0.591 e. The number of aromatic nitrogens is 4. The van der Waals surface area contributed by atoms with E-state index in [2.05, 4.69) is 19.9 Å². The van der Waals surface area contributed by atoms with Crippen molar-refractivity contribution in [2.45, 2.75) is 44.6 Å². The molecule has 0 aliphatic rings. The minimum Gasteiger partial charge on any atom is -0.591 e. The highest BCUT2D eigenvalue weighted by atomic mass is 32.2. The number of tetrazole rings is 1. The average molecular weight is 458 g/mol. The Morgan fingerprint density at radius 3 is 2.56 bits per heavy atom. The molecular formula is C22H27N5O4S. The van der Waals surface area contributed by atoms with Crippen LogP contribution in [0.25, 0.3) is 0 Å². The third-order valence-electron chi connectivity index (χ3n) is 4.65. The molecule has 1 aromatic heterocycles. The quantitative estimate of drug-likeness (QED) is 0.393. The molecule has 0 saturated carbocycles. The molecule has 10 heteroatoms. The highest BCUT2D eigenvalue weighted by Gasteiger charge is 2.30. The van der Waals surface area contributed by atoms with Crippen LogP contribution < -0.4 is 4.74 Å². The predicted molar refractivity (Wildman–Crippen MR) is 122 cm³/mol. The molecule has 0 radical (unpaired) electrons. The Morgan fingerprint density at radius 2 is 1.94 bits per heavy atom. The molecule has 0 aliphatic carbocycles. The Labute approximate surface area is 190 Å². The summed E-state index contributed by atoms with van der Waals surface area (Å²) in [6, 6.07) is 14.3. The fourth-order valence-electron chi connectivity index (χ4n) is 2.91. The maximum Gasteiger partial charge on any atom is 0.180 e. The molecule has 1 heterocycles. The summed E-state index contributed by atoms with van der Waals surface area (Å²) in [5.74, 6) is 0.621. The fourth-order valence-corrected chi connectivity index (χ4v) is 3.56. The van der Waals surface area contributed by atoms with Gasteiger partial charge in [-0.15, -0.1) is 5.10 Å². The number of benzene rings is 2. The molecule has 0 saturated heterocycles. The van der Waals surface area contributed by atoms with Gasteiger partial charge in [0.2, 0.25) is 0 Å². The van der Waals surface area contributed by atoms with E-state index >= 15 is 0 Å². The molecule has 2 N–H and O–H groups in total. The highest BCUT2D eigenvalue weighted by molar-refractivity contribution is 7.91. The molecule has 0 fully saturated rings. The molecule has 1 unspecified atom stereocenters. The minimum absolute atomic E-state index is 0.0448. The van der Waals surface area contributed by atoms with Gasteiger partial charge in [-0.3, -0.25) is 0 Å². The summed E-state index contributed by atoms with van der Waals surface area (Å²) in [6.45, 7) is 5.78. The van der Waals surface area contributed by atoms with E-state index < -0.39 is 22.2 Å². The summed E-state index contributed by atoms with van der Waals surface area (Å²) >= 11 is -1.61. The number of ether oxygens (including phenoxy) is 1.